The van der Waals surface area contributed by atoms with Crippen molar-refractivity contribution < 1.29 is 23.4 Å². The monoisotopic (exact) mass is 436 g/mol. The van der Waals surface area contributed by atoms with Gasteiger partial charge in [0.1, 0.15) is 17.2 Å². The normalized spacial score (nSPS) is 10.8. The lowest BCUT2D eigenvalue weighted by Crippen LogP contribution is -2.18. The first kappa shape index (κ1) is 20.7. The molecular weight excluding hydrogens is 416 g/mol. The zero-order valence-corrected chi connectivity index (χ0v) is 18.1. The molecule has 4 aromatic rings. The molecule has 0 radical (unpaired) electrons. The van der Waals surface area contributed by atoms with E-state index in [1.165, 1.54) is 0 Å². The number of fused-ring (bicyclic) bond motifs is 1. The highest BCUT2D eigenvalue weighted by Crippen LogP contribution is 2.35. The van der Waals surface area contributed by atoms with Crippen LogP contribution in [0.15, 0.2) is 63.8 Å². The molecule has 0 spiro atoms. The number of hydrogen-bond donors (Lipinski definition) is 0. The number of carbonyl (C=O) groups excluding carboxylic acids is 1. The molecule has 4 rings (SSSR count). The average molecular weight is 436 g/mol. The smallest absolute Gasteiger partial charge is 0.396 e. The van der Waals surface area contributed by atoms with Gasteiger partial charge in [0.2, 0.25) is 0 Å². The van der Waals surface area contributed by atoms with Crippen molar-refractivity contribution in [1.82, 2.24) is 0 Å². The van der Waals surface area contributed by atoms with Crippen molar-refractivity contribution in [2.45, 2.75) is 13.8 Å². The van der Waals surface area contributed by atoms with Crippen LogP contribution in [0.5, 0.6) is 17.2 Å². The van der Waals surface area contributed by atoms with Gasteiger partial charge in [-0.25, -0.2) is 9.59 Å². The van der Waals surface area contributed by atoms with Gasteiger partial charge in [0, 0.05) is 11.6 Å². The Hall–Kier alpha value is -3.58. The SMILES string of the molecule is COc1cccc(-c2cc(OC(=O)COc3c(C)cccc3C)cc3sc(=O)oc23)c1. The molecule has 0 atom stereocenters. The van der Waals surface area contributed by atoms with Crippen LogP contribution >= 0.6 is 11.3 Å². The highest BCUT2D eigenvalue weighted by Gasteiger charge is 2.16. The van der Waals surface area contributed by atoms with Crippen LogP contribution in [0.2, 0.25) is 0 Å². The first-order valence-corrected chi connectivity index (χ1v) is 10.4. The molecule has 0 amide bonds. The molecule has 0 fully saturated rings. The number of methoxy groups -OCH3 is 1. The van der Waals surface area contributed by atoms with Crippen LogP contribution in [-0.2, 0) is 4.79 Å². The van der Waals surface area contributed by atoms with Gasteiger partial charge in [-0.15, -0.1) is 0 Å². The van der Waals surface area contributed by atoms with Crippen molar-refractivity contribution in [3.63, 3.8) is 0 Å². The Kier molecular flexibility index (Phi) is 5.77. The van der Waals surface area contributed by atoms with E-state index in [-0.39, 0.29) is 6.61 Å². The Morgan fingerprint density at radius 2 is 1.74 bits per heavy atom. The third-order valence-corrected chi connectivity index (χ3v) is 5.54. The van der Waals surface area contributed by atoms with E-state index in [1.54, 1.807) is 19.2 Å². The van der Waals surface area contributed by atoms with Crippen LogP contribution in [0.3, 0.4) is 0 Å². The first-order chi connectivity index (χ1) is 14.9. The molecule has 0 aliphatic rings. The van der Waals surface area contributed by atoms with Crippen molar-refractivity contribution in [2.75, 3.05) is 13.7 Å². The first-order valence-electron chi connectivity index (χ1n) is 9.56. The Bertz CT molecular complexity index is 1300. The van der Waals surface area contributed by atoms with E-state index in [0.29, 0.717) is 33.1 Å². The third-order valence-electron chi connectivity index (χ3n) is 4.76. The van der Waals surface area contributed by atoms with Gasteiger partial charge < -0.3 is 18.6 Å². The molecule has 0 unspecified atom stereocenters. The molecule has 31 heavy (non-hydrogen) atoms. The maximum Gasteiger partial charge on any atom is 0.396 e. The number of rotatable bonds is 6. The number of esters is 1. The van der Waals surface area contributed by atoms with Gasteiger partial charge in [0.05, 0.1) is 11.8 Å². The van der Waals surface area contributed by atoms with E-state index >= 15 is 0 Å². The van der Waals surface area contributed by atoms with Gasteiger partial charge in [-0.1, -0.05) is 41.7 Å². The van der Waals surface area contributed by atoms with Crippen LogP contribution < -0.4 is 19.1 Å². The number of para-hydroxylation sites is 1. The molecule has 0 aliphatic carbocycles. The fourth-order valence-corrected chi connectivity index (χ4v) is 4.06. The molecule has 0 saturated carbocycles. The average Bonchev–Trinajstić information content (AvgIpc) is 3.13. The Morgan fingerprint density at radius 1 is 1.00 bits per heavy atom. The Morgan fingerprint density at radius 3 is 2.48 bits per heavy atom. The summed E-state index contributed by atoms with van der Waals surface area (Å²) >= 11 is 0.950. The van der Waals surface area contributed by atoms with Crippen LogP contribution in [0.25, 0.3) is 21.4 Å². The molecule has 158 valence electrons. The van der Waals surface area contributed by atoms with Gasteiger partial charge in [-0.3, -0.25) is 0 Å². The molecule has 1 heterocycles. The zero-order valence-electron chi connectivity index (χ0n) is 17.3. The summed E-state index contributed by atoms with van der Waals surface area (Å²) in [5.74, 6) is 1.08. The summed E-state index contributed by atoms with van der Waals surface area (Å²) in [4.78, 5) is 23.9. The minimum Gasteiger partial charge on any atom is -0.497 e. The summed E-state index contributed by atoms with van der Waals surface area (Å²) in [7, 11) is 1.58. The zero-order chi connectivity index (χ0) is 22.0. The summed E-state index contributed by atoms with van der Waals surface area (Å²) in [5.41, 5.74) is 3.73. The predicted octanol–water partition coefficient (Wildman–Crippen LogP) is 5.13. The van der Waals surface area contributed by atoms with E-state index in [9.17, 15) is 9.59 Å². The van der Waals surface area contributed by atoms with Gasteiger partial charge in [0.15, 0.2) is 12.2 Å². The molecule has 0 saturated heterocycles. The van der Waals surface area contributed by atoms with Crippen molar-refractivity contribution in [3.05, 3.63) is 75.5 Å². The number of carbonyl (C=O) groups is 1. The minimum absolute atomic E-state index is 0.236. The van der Waals surface area contributed by atoms with Crippen molar-refractivity contribution in [1.29, 1.82) is 0 Å². The van der Waals surface area contributed by atoms with Gasteiger partial charge in [-0.05, 0) is 48.7 Å². The number of aryl methyl sites for hydroxylation is 2. The predicted molar refractivity (Wildman–Crippen MR) is 119 cm³/mol. The lowest BCUT2D eigenvalue weighted by atomic mass is 10.0. The molecule has 7 heteroatoms. The molecule has 6 nitrogen and oxygen atoms in total. The summed E-state index contributed by atoms with van der Waals surface area (Å²) in [6.45, 7) is 3.60. The highest BCUT2D eigenvalue weighted by molar-refractivity contribution is 7.16. The van der Waals surface area contributed by atoms with Crippen LogP contribution in [0.4, 0.5) is 0 Å². The molecule has 0 N–H and O–H groups in total. The van der Waals surface area contributed by atoms with E-state index in [2.05, 4.69) is 0 Å². The van der Waals surface area contributed by atoms with Gasteiger partial charge in [-0.2, -0.15) is 0 Å². The van der Waals surface area contributed by atoms with Gasteiger partial charge in [0.25, 0.3) is 0 Å². The van der Waals surface area contributed by atoms with E-state index < -0.39 is 10.9 Å². The standard InChI is InChI=1S/C24H20O6S/c1-14-6-4-7-15(2)22(14)28-13-21(25)29-18-11-19(16-8-5-9-17(10-16)27-3)23-20(12-18)31-24(26)30-23/h4-12H,13H2,1-3H3. The summed E-state index contributed by atoms with van der Waals surface area (Å²) < 4.78 is 22.5. The quantitative estimate of drug-likeness (QED) is 0.308. The van der Waals surface area contributed by atoms with Crippen LogP contribution in [0.1, 0.15) is 11.1 Å². The van der Waals surface area contributed by atoms with Crippen molar-refractivity contribution in [2.24, 2.45) is 0 Å². The second kappa shape index (κ2) is 8.65. The third kappa shape index (κ3) is 4.46. The summed E-state index contributed by atoms with van der Waals surface area (Å²) in [6.07, 6.45) is 0. The molecular formula is C24H20O6S. The molecule has 3 aromatic carbocycles. The summed E-state index contributed by atoms with van der Waals surface area (Å²) in [6, 6.07) is 16.4. The van der Waals surface area contributed by atoms with E-state index in [4.69, 9.17) is 18.6 Å². The van der Waals surface area contributed by atoms with E-state index in [0.717, 1.165) is 28.0 Å². The second-order valence-corrected chi connectivity index (χ2v) is 7.95. The number of benzene rings is 3. The fourth-order valence-electron chi connectivity index (χ4n) is 3.33. The molecule has 1 aromatic heterocycles. The topological polar surface area (TPSA) is 75.0 Å². The lowest BCUT2D eigenvalue weighted by molar-refractivity contribution is -0.136. The molecule has 0 bridgehead atoms. The van der Waals surface area contributed by atoms with Crippen molar-refractivity contribution in [3.8, 4) is 28.4 Å². The second-order valence-electron chi connectivity index (χ2n) is 6.97. The van der Waals surface area contributed by atoms with Crippen LogP contribution in [-0.4, -0.2) is 19.7 Å². The minimum atomic E-state index is -0.547. The number of hydrogen-bond acceptors (Lipinski definition) is 7. The maximum atomic E-state index is 12.4. The Balaban J connectivity index is 1.62. The molecule has 0 aliphatic heterocycles. The largest absolute Gasteiger partial charge is 0.497 e. The highest BCUT2D eigenvalue weighted by atomic mass is 32.1. The van der Waals surface area contributed by atoms with Crippen LogP contribution in [0, 0.1) is 13.8 Å². The van der Waals surface area contributed by atoms with E-state index in [1.807, 2.05) is 56.3 Å². The van der Waals surface area contributed by atoms with Gasteiger partial charge >= 0.3 is 10.9 Å². The van der Waals surface area contributed by atoms with Crippen molar-refractivity contribution >= 4 is 27.6 Å². The fraction of sp³-hybridized carbons (Fsp3) is 0.167. The Labute approximate surface area is 182 Å². The summed E-state index contributed by atoms with van der Waals surface area (Å²) in [5, 5.41) is 0. The lowest BCUT2D eigenvalue weighted by Gasteiger charge is -2.12. The number of ether oxygens (including phenoxy) is 3. The maximum absolute atomic E-state index is 12.4.